The molecule has 1 heterocycles. The van der Waals surface area contributed by atoms with E-state index in [1.54, 1.807) is 15.3 Å². The number of halogens is 3. The second-order valence-corrected chi connectivity index (χ2v) is 10.4. The van der Waals surface area contributed by atoms with Gasteiger partial charge in [-0.3, -0.25) is 24.0 Å². The Labute approximate surface area is 212 Å². The SMILES string of the molecule is CC(=O)N1CCN([C@@H](CN(c2ccc(Oc3ccc(C(F)(F)F)cc3)cc2)S(C)(=O)=O)C(=O)NO)CC1. The lowest BCUT2D eigenvalue weighted by Gasteiger charge is -2.39. The van der Waals surface area contributed by atoms with E-state index in [2.05, 4.69) is 0 Å². The summed E-state index contributed by atoms with van der Waals surface area (Å²) >= 11 is 0. The second-order valence-electron chi connectivity index (χ2n) is 8.45. The summed E-state index contributed by atoms with van der Waals surface area (Å²) < 4.78 is 70.0. The minimum Gasteiger partial charge on any atom is -0.457 e. The summed E-state index contributed by atoms with van der Waals surface area (Å²) in [6, 6.07) is 8.82. The second kappa shape index (κ2) is 11.4. The van der Waals surface area contributed by atoms with E-state index in [1.807, 2.05) is 0 Å². The molecule has 2 aromatic rings. The van der Waals surface area contributed by atoms with Gasteiger partial charge >= 0.3 is 6.18 Å². The average Bonchev–Trinajstić information content (AvgIpc) is 2.84. The van der Waals surface area contributed by atoms with Gasteiger partial charge in [-0.2, -0.15) is 13.2 Å². The van der Waals surface area contributed by atoms with Crippen molar-refractivity contribution in [1.29, 1.82) is 0 Å². The number of alkyl halides is 3. The van der Waals surface area contributed by atoms with Crippen LogP contribution in [0.15, 0.2) is 48.5 Å². The monoisotopic (exact) mass is 544 g/mol. The molecule has 0 aromatic heterocycles. The first-order valence-electron chi connectivity index (χ1n) is 11.2. The third kappa shape index (κ3) is 7.33. The van der Waals surface area contributed by atoms with Gasteiger partial charge in [-0.05, 0) is 48.5 Å². The highest BCUT2D eigenvalue weighted by atomic mass is 32.2. The zero-order valence-corrected chi connectivity index (χ0v) is 20.9. The Hall–Kier alpha value is -3.36. The van der Waals surface area contributed by atoms with Crippen molar-refractivity contribution >= 4 is 27.5 Å². The third-order valence-corrected chi connectivity index (χ3v) is 7.05. The molecule has 2 aromatic carbocycles. The van der Waals surface area contributed by atoms with Crippen LogP contribution in [0.2, 0.25) is 0 Å². The van der Waals surface area contributed by atoms with Gasteiger partial charge in [0.2, 0.25) is 15.9 Å². The summed E-state index contributed by atoms with van der Waals surface area (Å²) in [5, 5.41) is 9.26. The van der Waals surface area contributed by atoms with Gasteiger partial charge in [0.05, 0.1) is 24.1 Å². The minimum absolute atomic E-state index is 0.112. The van der Waals surface area contributed by atoms with Crippen LogP contribution in [-0.4, -0.2) is 80.3 Å². The molecule has 0 aliphatic carbocycles. The zero-order chi connectivity index (χ0) is 27.4. The molecule has 1 saturated heterocycles. The highest BCUT2D eigenvalue weighted by Gasteiger charge is 2.34. The summed E-state index contributed by atoms with van der Waals surface area (Å²) in [7, 11) is -3.87. The quantitative estimate of drug-likeness (QED) is 0.387. The highest BCUT2D eigenvalue weighted by molar-refractivity contribution is 7.92. The number of amides is 2. The molecule has 3 rings (SSSR count). The molecule has 0 unspecified atom stereocenters. The molecule has 0 bridgehead atoms. The number of ether oxygens (including phenoxy) is 1. The van der Waals surface area contributed by atoms with E-state index in [-0.39, 0.29) is 29.6 Å². The van der Waals surface area contributed by atoms with Crippen LogP contribution in [0.1, 0.15) is 12.5 Å². The highest BCUT2D eigenvalue weighted by Crippen LogP contribution is 2.32. The Morgan fingerprint density at radius 2 is 1.54 bits per heavy atom. The van der Waals surface area contributed by atoms with Gasteiger partial charge in [0.15, 0.2) is 0 Å². The molecule has 202 valence electrons. The fourth-order valence-electron chi connectivity index (χ4n) is 3.91. The number of piperazine rings is 1. The van der Waals surface area contributed by atoms with E-state index in [1.165, 1.54) is 43.3 Å². The topological polar surface area (TPSA) is 119 Å². The Morgan fingerprint density at radius 3 is 1.97 bits per heavy atom. The summed E-state index contributed by atoms with van der Waals surface area (Å²) in [5.74, 6) is -0.501. The Balaban J connectivity index is 1.77. The van der Waals surface area contributed by atoms with E-state index >= 15 is 0 Å². The fraction of sp³-hybridized carbons (Fsp3) is 0.391. The average molecular weight is 545 g/mol. The Bertz CT molecular complexity index is 1200. The van der Waals surface area contributed by atoms with Crippen molar-refractivity contribution in [1.82, 2.24) is 15.3 Å². The molecule has 1 atom stereocenters. The summed E-state index contributed by atoms with van der Waals surface area (Å²) in [4.78, 5) is 27.4. The van der Waals surface area contributed by atoms with Gasteiger partial charge in [0, 0.05) is 33.1 Å². The van der Waals surface area contributed by atoms with E-state index in [0.29, 0.717) is 26.2 Å². The van der Waals surface area contributed by atoms with Gasteiger partial charge in [-0.1, -0.05) is 0 Å². The number of carbonyl (C=O) groups excluding carboxylic acids is 2. The van der Waals surface area contributed by atoms with Crippen LogP contribution in [0.4, 0.5) is 18.9 Å². The maximum absolute atomic E-state index is 12.7. The predicted molar refractivity (Wildman–Crippen MR) is 128 cm³/mol. The number of hydrogen-bond acceptors (Lipinski definition) is 7. The molecule has 14 heteroatoms. The van der Waals surface area contributed by atoms with Crippen LogP contribution in [0, 0.1) is 0 Å². The first-order chi connectivity index (χ1) is 17.3. The van der Waals surface area contributed by atoms with Crippen molar-refractivity contribution in [2.45, 2.75) is 19.1 Å². The number of hydroxylamine groups is 1. The number of anilines is 1. The first kappa shape index (κ1) is 28.2. The molecule has 0 saturated carbocycles. The Kier molecular flexibility index (Phi) is 8.66. The summed E-state index contributed by atoms with van der Waals surface area (Å²) in [6.45, 7) is 2.41. The molecular formula is C23H27F3N4O6S. The molecule has 2 amide bonds. The largest absolute Gasteiger partial charge is 0.457 e. The number of rotatable bonds is 8. The number of benzene rings is 2. The number of nitrogens with zero attached hydrogens (tertiary/aromatic N) is 3. The van der Waals surface area contributed by atoms with Gasteiger partial charge in [-0.15, -0.1) is 0 Å². The van der Waals surface area contributed by atoms with Crippen LogP contribution < -0.4 is 14.5 Å². The van der Waals surface area contributed by atoms with E-state index in [0.717, 1.165) is 22.7 Å². The lowest BCUT2D eigenvalue weighted by Crippen LogP contribution is -2.59. The van der Waals surface area contributed by atoms with Gasteiger partial charge in [-0.25, -0.2) is 13.9 Å². The van der Waals surface area contributed by atoms with Crippen molar-refractivity contribution in [2.75, 3.05) is 43.3 Å². The van der Waals surface area contributed by atoms with Crippen molar-refractivity contribution in [3.05, 3.63) is 54.1 Å². The number of sulfonamides is 1. The molecule has 2 N–H and O–H groups in total. The smallest absolute Gasteiger partial charge is 0.416 e. The lowest BCUT2D eigenvalue weighted by molar-refractivity contribution is -0.138. The van der Waals surface area contributed by atoms with Gasteiger partial charge in [0.1, 0.15) is 17.5 Å². The summed E-state index contributed by atoms with van der Waals surface area (Å²) in [5.41, 5.74) is 0.973. The standard InChI is InChI=1S/C23H27F3N4O6S/c1-16(31)28-11-13-29(14-12-28)21(22(32)27-33)15-30(37(2,34)35)18-5-9-20(10-6-18)36-19-7-3-17(4-8-19)23(24,25)26/h3-10,21,33H,11-15H2,1-2H3,(H,27,32)/t21-/m0/s1. The molecule has 10 nitrogen and oxygen atoms in total. The van der Waals surface area contributed by atoms with Crippen molar-refractivity contribution in [3.63, 3.8) is 0 Å². The maximum Gasteiger partial charge on any atom is 0.416 e. The van der Waals surface area contributed by atoms with Gasteiger partial charge in [0.25, 0.3) is 5.91 Å². The summed E-state index contributed by atoms with van der Waals surface area (Å²) in [6.07, 6.45) is -3.50. The molecule has 0 radical (unpaired) electrons. The zero-order valence-electron chi connectivity index (χ0n) is 20.1. The lowest BCUT2D eigenvalue weighted by atomic mass is 10.1. The Morgan fingerprint density at radius 1 is 1.03 bits per heavy atom. The predicted octanol–water partition coefficient (Wildman–Crippen LogP) is 2.30. The van der Waals surface area contributed by atoms with Crippen LogP contribution in [0.25, 0.3) is 0 Å². The van der Waals surface area contributed by atoms with Gasteiger partial charge < -0.3 is 9.64 Å². The maximum atomic E-state index is 12.7. The van der Waals surface area contributed by atoms with Crippen LogP contribution in [0.5, 0.6) is 11.5 Å². The third-order valence-electron chi connectivity index (χ3n) is 5.89. The fourth-order valence-corrected chi connectivity index (χ4v) is 4.82. The number of carbonyl (C=O) groups is 2. The van der Waals surface area contributed by atoms with E-state index < -0.39 is 33.7 Å². The molecule has 0 spiro atoms. The molecule has 1 aliphatic heterocycles. The minimum atomic E-state index is -4.47. The number of nitrogens with one attached hydrogen (secondary N) is 1. The molecule has 1 aliphatic rings. The van der Waals surface area contributed by atoms with Crippen LogP contribution in [0.3, 0.4) is 0 Å². The van der Waals surface area contributed by atoms with E-state index in [9.17, 15) is 36.4 Å². The van der Waals surface area contributed by atoms with Crippen LogP contribution >= 0.6 is 0 Å². The van der Waals surface area contributed by atoms with Crippen molar-refractivity contribution in [3.8, 4) is 11.5 Å². The molecule has 1 fully saturated rings. The van der Waals surface area contributed by atoms with Crippen molar-refractivity contribution in [2.24, 2.45) is 0 Å². The van der Waals surface area contributed by atoms with Crippen LogP contribution in [-0.2, 0) is 25.8 Å². The number of hydrogen-bond donors (Lipinski definition) is 2. The molecule has 37 heavy (non-hydrogen) atoms. The van der Waals surface area contributed by atoms with E-state index in [4.69, 9.17) is 4.74 Å². The normalized spacial score (nSPS) is 15.7. The molecular weight excluding hydrogens is 517 g/mol. The first-order valence-corrected chi connectivity index (χ1v) is 13.0. The van der Waals surface area contributed by atoms with Crippen molar-refractivity contribution < 1.29 is 41.1 Å².